The largest absolute Gasteiger partial charge is 0.370 e. The molecule has 168 valence electrons. The Bertz CT molecular complexity index is 1150. The summed E-state index contributed by atoms with van der Waals surface area (Å²) in [4.78, 5) is 2.29. The van der Waals surface area contributed by atoms with Gasteiger partial charge in [-0.15, -0.1) is 5.10 Å². The third-order valence-electron chi connectivity index (χ3n) is 6.37. The number of fused-ring (bicyclic) bond motifs is 1. The summed E-state index contributed by atoms with van der Waals surface area (Å²) in [6.45, 7) is 10.4. The first-order valence-electron chi connectivity index (χ1n) is 11.3. The first-order valence-corrected chi connectivity index (χ1v) is 11.7. The molecule has 0 aliphatic carbocycles. The Kier molecular flexibility index (Phi) is 7.58. The van der Waals surface area contributed by atoms with Crippen LogP contribution in [0, 0.1) is 25.2 Å². The molecule has 0 radical (unpaired) electrons. The second-order valence-electron chi connectivity index (χ2n) is 8.44. The Balaban J connectivity index is 2.06. The molecule has 1 aromatic heterocycles. The number of halogens is 1. The Morgan fingerprint density at radius 2 is 1.91 bits per heavy atom. The van der Waals surface area contributed by atoms with Gasteiger partial charge in [0.05, 0.1) is 34.1 Å². The van der Waals surface area contributed by atoms with E-state index in [1.165, 1.54) is 0 Å². The lowest BCUT2D eigenvalue weighted by Gasteiger charge is -2.30. The molecule has 0 aliphatic heterocycles. The van der Waals surface area contributed by atoms with Gasteiger partial charge in [-0.25, -0.2) is 0 Å². The summed E-state index contributed by atoms with van der Waals surface area (Å²) in [5, 5.41) is 24.5. The Labute approximate surface area is 196 Å². The van der Waals surface area contributed by atoms with E-state index in [1.807, 2.05) is 38.1 Å². The number of nitrogens with one attached hydrogen (secondary N) is 1. The smallest absolute Gasteiger partial charge is 0.157 e. The van der Waals surface area contributed by atoms with Crippen LogP contribution in [0.1, 0.15) is 68.5 Å². The van der Waals surface area contributed by atoms with Crippen molar-refractivity contribution in [3.63, 3.8) is 0 Å². The van der Waals surface area contributed by atoms with Gasteiger partial charge < -0.3 is 10.2 Å². The van der Waals surface area contributed by atoms with Gasteiger partial charge in [-0.1, -0.05) is 44.0 Å². The molecule has 1 heterocycles. The number of nitriles is 1. The van der Waals surface area contributed by atoms with Gasteiger partial charge in [0.2, 0.25) is 0 Å². The fourth-order valence-corrected chi connectivity index (χ4v) is 4.69. The molecule has 1 unspecified atom stereocenters. The predicted octanol–water partition coefficient (Wildman–Crippen LogP) is 6.96. The Morgan fingerprint density at radius 3 is 2.56 bits per heavy atom. The van der Waals surface area contributed by atoms with E-state index in [0.29, 0.717) is 11.6 Å². The highest BCUT2D eigenvalue weighted by atomic mass is 35.5. The number of benzene rings is 2. The van der Waals surface area contributed by atoms with Crippen molar-refractivity contribution >= 4 is 33.9 Å². The molecule has 0 saturated heterocycles. The van der Waals surface area contributed by atoms with Gasteiger partial charge in [0.25, 0.3) is 0 Å². The third-order valence-corrected chi connectivity index (χ3v) is 6.67. The van der Waals surface area contributed by atoms with Crippen molar-refractivity contribution in [3.05, 3.63) is 57.7 Å². The average molecular weight is 450 g/mol. The highest BCUT2D eigenvalue weighted by molar-refractivity contribution is 6.34. The Hall–Kier alpha value is -2.84. The van der Waals surface area contributed by atoms with Crippen molar-refractivity contribution in [3.8, 4) is 6.07 Å². The van der Waals surface area contributed by atoms with Crippen LogP contribution in [0.3, 0.4) is 0 Å². The quantitative estimate of drug-likeness (QED) is 0.402. The molecule has 3 rings (SSSR count). The average Bonchev–Trinajstić information content (AvgIpc) is 2.78. The highest BCUT2D eigenvalue weighted by Crippen LogP contribution is 2.36. The molecule has 0 spiro atoms. The molecule has 0 bridgehead atoms. The molecular formula is C26H32ClN5. The molecule has 0 saturated carbocycles. The summed E-state index contributed by atoms with van der Waals surface area (Å²) < 4.78 is 0. The highest BCUT2D eigenvalue weighted by Gasteiger charge is 2.19. The van der Waals surface area contributed by atoms with Gasteiger partial charge in [-0.2, -0.15) is 10.4 Å². The minimum Gasteiger partial charge on any atom is -0.370 e. The number of anilines is 2. The first kappa shape index (κ1) is 23.8. The number of aromatic nitrogens is 2. The van der Waals surface area contributed by atoms with Gasteiger partial charge >= 0.3 is 0 Å². The van der Waals surface area contributed by atoms with Crippen LogP contribution in [0.25, 0.3) is 10.8 Å². The van der Waals surface area contributed by atoms with Crippen molar-refractivity contribution in [1.29, 1.82) is 5.26 Å². The third kappa shape index (κ3) is 4.66. The lowest BCUT2D eigenvalue weighted by Crippen LogP contribution is -2.31. The minimum absolute atomic E-state index is 0.0381. The van der Waals surface area contributed by atoms with Crippen LogP contribution < -0.4 is 10.2 Å². The molecule has 5 nitrogen and oxygen atoms in total. The van der Waals surface area contributed by atoms with Gasteiger partial charge in [0, 0.05) is 23.9 Å². The van der Waals surface area contributed by atoms with E-state index >= 15 is 0 Å². The van der Waals surface area contributed by atoms with E-state index in [-0.39, 0.29) is 6.04 Å². The number of hydrogen-bond acceptors (Lipinski definition) is 5. The standard InChI is InChI=1S/C26H32ClN5/c1-7-10-20(8-2)32(6)25-14-23-22(13-24(25)27)18(5)30-31-26(23)29-17(4)21-12-9-11-19(15-28)16(21)3/h9,11-14,17,20H,7-8,10H2,1-6H3,(H,29,31)/t17-,20?/m1/s1. The fourth-order valence-electron chi connectivity index (χ4n) is 4.39. The normalized spacial score (nSPS) is 12.9. The molecule has 0 amide bonds. The van der Waals surface area contributed by atoms with E-state index in [0.717, 1.165) is 63.4 Å². The zero-order valence-corrected chi connectivity index (χ0v) is 20.6. The summed E-state index contributed by atoms with van der Waals surface area (Å²) in [6.07, 6.45) is 3.30. The summed E-state index contributed by atoms with van der Waals surface area (Å²) in [6, 6.07) is 12.6. The van der Waals surface area contributed by atoms with Crippen LogP contribution in [0.4, 0.5) is 11.5 Å². The van der Waals surface area contributed by atoms with Gasteiger partial charge in [-0.05, 0) is 62.9 Å². The molecule has 0 aliphatic rings. The minimum atomic E-state index is -0.0381. The van der Waals surface area contributed by atoms with Crippen LogP contribution in [0.15, 0.2) is 30.3 Å². The molecule has 0 fully saturated rings. The SMILES string of the molecule is CCCC(CC)N(C)c1cc2c(N[C@H](C)c3cccc(C#N)c3C)nnc(C)c2cc1Cl. The zero-order chi connectivity index (χ0) is 23.4. The molecule has 2 aromatic carbocycles. The van der Waals surface area contributed by atoms with E-state index in [4.69, 9.17) is 11.6 Å². The number of nitrogens with zero attached hydrogens (tertiary/aromatic N) is 4. The van der Waals surface area contributed by atoms with Crippen LogP contribution in [0.5, 0.6) is 0 Å². The number of aryl methyl sites for hydroxylation is 1. The maximum absolute atomic E-state index is 9.39. The topological polar surface area (TPSA) is 64.8 Å². The monoisotopic (exact) mass is 449 g/mol. The number of rotatable bonds is 8. The molecule has 32 heavy (non-hydrogen) atoms. The van der Waals surface area contributed by atoms with Crippen LogP contribution >= 0.6 is 11.6 Å². The van der Waals surface area contributed by atoms with Gasteiger partial charge in [0.15, 0.2) is 5.82 Å². The van der Waals surface area contributed by atoms with Crippen LogP contribution in [0.2, 0.25) is 5.02 Å². The van der Waals surface area contributed by atoms with Crippen molar-refractivity contribution in [2.24, 2.45) is 0 Å². The zero-order valence-electron chi connectivity index (χ0n) is 19.8. The van der Waals surface area contributed by atoms with Gasteiger partial charge in [-0.3, -0.25) is 0 Å². The summed E-state index contributed by atoms with van der Waals surface area (Å²) >= 11 is 6.74. The maximum atomic E-state index is 9.39. The lowest BCUT2D eigenvalue weighted by atomic mass is 9.98. The second kappa shape index (κ2) is 10.2. The van der Waals surface area contributed by atoms with Crippen LogP contribution in [-0.2, 0) is 0 Å². The van der Waals surface area contributed by atoms with Crippen molar-refractivity contribution in [2.75, 3.05) is 17.3 Å². The van der Waals surface area contributed by atoms with E-state index in [9.17, 15) is 5.26 Å². The molecule has 2 atom stereocenters. The molecule has 1 N–H and O–H groups in total. The first-order chi connectivity index (χ1) is 15.3. The predicted molar refractivity (Wildman–Crippen MR) is 135 cm³/mol. The fraction of sp³-hybridized carbons (Fsp3) is 0.423. The van der Waals surface area contributed by atoms with E-state index in [1.54, 1.807) is 0 Å². The summed E-state index contributed by atoms with van der Waals surface area (Å²) in [7, 11) is 2.12. The van der Waals surface area contributed by atoms with Crippen molar-refractivity contribution < 1.29 is 0 Å². The molecular weight excluding hydrogens is 418 g/mol. The number of hydrogen-bond donors (Lipinski definition) is 1. The Morgan fingerprint density at radius 1 is 1.16 bits per heavy atom. The lowest BCUT2D eigenvalue weighted by molar-refractivity contribution is 0.557. The van der Waals surface area contributed by atoms with Crippen molar-refractivity contribution in [1.82, 2.24) is 10.2 Å². The maximum Gasteiger partial charge on any atom is 0.157 e. The van der Waals surface area contributed by atoms with Crippen LogP contribution in [-0.4, -0.2) is 23.3 Å². The summed E-state index contributed by atoms with van der Waals surface area (Å²) in [5.74, 6) is 0.717. The molecule has 6 heteroatoms. The van der Waals surface area contributed by atoms with Gasteiger partial charge in [0.1, 0.15) is 0 Å². The summed E-state index contributed by atoms with van der Waals surface area (Å²) in [5.41, 5.74) is 4.59. The van der Waals surface area contributed by atoms with E-state index < -0.39 is 0 Å². The van der Waals surface area contributed by atoms with E-state index in [2.05, 4.69) is 60.4 Å². The second-order valence-corrected chi connectivity index (χ2v) is 8.85. The van der Waals surface area contributed by atoms with Crippen molar-refractivity contribution in [2.45, 2.75) is 66.0 Å². The molecule has 3 aromatic rings.